The predicted molar refractivity (Wildman–Crippen MR) is 124 cm³/mol. The van der Waals surface area contributed by atoms with Crippen molar-refractivity contribution in [2.45, 2.75) is 31.2 Å². The number of fused-ring (bicyclic) bond motifs is 1. The van der Waals surface area contributed by atoms with Crippen LogP contribution < -0.4 is 5.32 Å². The minimum absolute atomic E-state index is 0.104. The zero-order chi connectivity index (χ0) is 22.7. The van der Waals surface area contributed by atoms with Gasteiger partial charge in [0.25, 0.3) is 0 Å². The molecule has 1 saturated heterocycles. The maximum atomic E-state index is 13.0. The van der Waals surface area contributed by atoms with E-state index in [-0.39, 0.29) is 18.5 Å². The van der Waals surface area contributed by atoms with E-state index in [0.29, 0.717) is 43.3 Å². The van der Waals surface area contributed by atoms with Gasteiger partial charge in [-0.05, 0) is 51.1 Å². The molecule has 1 N–H and O–H groups in total. The van der Waals surface area contributed by atoms with Gasteiger partial charge < -0.3 is 9.73 Å². The summed E-state index contributed by atoms with van der Waals surface area (Å²) in [6.45, 7) is 6.05. The number of para-hydroxylation sites is 1. The van der Waals surface area contributed by atoms with Crippen molar-refractivity contribution in [2.24, 2.45) is 0 Å². The highest BCUT2D eigenvalue weighted by Gasteiger charge is 2.27. The summed E-state index contributed by atoms with van der Waals surface area (Å²) < 4.78 is 33.3. The highest BCUT2D eigenvalue weighted by molar-refractivity contribution is 7.89. The van der Waals surface area contributed by atoms with Crippen molar-refractivity contribution in [1.29, 1.82) is 0 Å². The molecule has 1 amide bonds. The van der Waals surface area contributed by atoms with Gasteiger partial charge in [0.05, 0.1) is 17.5 Å². The van der Waals surface area contributed by atoms with Crippen LogP contribution >= 0.6 is 0 Å². The number of rotatable bonds is 6. The number of hydrogen-bond donors (Lipinski definition) is 1. The van der Waals surface area contributed by atoms with Crippen molar-refractivity contribution < 1.29 is 17.6 Å². The molecular weight excluding hydrogens is 426 g/mol. The van der Waals surface area contributed by atoms with E-state index in [1.165, 1.54) is 4.31 Å². The second kappa shape index (κ2) is 9.44. The Bertz CT molecular complexity index is 1150. The summed E-state index contributed by atoms with van der Waals surface area (Å²) in [5, 5.41) is 4.00. The van der Waals surface area contributed by atoms with Crippen molar-refractivity contribution in [3.05, 3.63) is 65.9 Å². The number of furan rings is 1. The summed E-state index contributed by atoms with van der Waals surface area (Å²) in [5.74, 6) is 0.610. The van der Waals surface area contributed by atoms with Gasteiger partial charge in [0, 0.05) is 25.0 Å². The lowest BCUT2D eigenvalue weighted by Crippen LogP contribution is -2.40. The smallest absolute Gasteiger partial charge is 0.243 e. The van der Waals surface area contributed by atoms with Crippen molar-refractivity contribution in [1.82, 2.24) is 14.5 Å². The quantitative estimate of drug-likeness (QED) is 0.617. The van der Waals surface area contributed by atoms with Crippen LogP contribution in [0.4, 0.5) is 0 Å². The molecule has 0 radical (unpaired) electrons. The Balaban J connectivity index is 1.33. The average Bonchev–Trinajstić information content (AvgIpc) is 3.06. The first-order valence-electron chi connectivity index (χ1n) is 10.9. The normalized spacial score (nSPS) is 17.2. The summed E-state index contributed by atoms with van der Waals surface area (Å²) in [6, 6.07) is 16.4. The van der Waals surface area contributed by atoms with E-state index < -0.39 is 10.0 Å². The van der Waals surface area contributed by atoms with E-state index in [0.717, 1.165) is 16.5 Å². The number of hydrogen-bond acceptors (Lipinski definition) is 5. The summed E-state index contributed by atoms with van der Waals surface area (Å²) in [5.41, 5.74) is 1.82. The second-order valence-electron chi connectivity index (χ2n) is 8.32. The highest BCUT2D eigenvalue weighted by atomic mass is 32.2. The first kappa shape index (κ1) is 22.5. The number of benzene rings is 2. The van der Waals surface area contributed by atoms with Crippen LogP contribution in [-0.4, -0.2) is 56.3 Å². The Morgan fingerprint density at radius 3 is 2.56 bits per heavy atom. The third-order valence-corrected chi connectivity index (χ3v) is 7.74. The number of amides is 1. The molecule has 1 aromatic heterocycles. The SMILES string of the molecule is Cc1ccc(S(=O)(=O)N2CCCN(CC(=O)N[C@H](C)c3cc4ccccc4o3)CC2)cc1. The van der Waals surface area contributed by atoms with Crippen LogP contribution in [-0.2, 0) is 14.8 Å². The maximum Gasteiger partial charge on any atom is 0.243 e. The van der Waals surface area contributed by atoms with Crippen molar-refractivity contribution >= 4 is 26.9 Å². The van der Waals surface area contributed by atoms with Gasteiger partial charge in [-0.1, -0.05) is 35.9 Å². The van der Waals surface area contributed by atoms with Crippen LogP contribution in [0.15, 0.2) is 63.9 Å². The zero-order valence-corrected chi connectivity index (χ0v) is 19.3. The van der Waals surface area contributed by atoms with Crippen LogP contribution in [0.3, 0.4) is 0 Å². The van der Waals surface area contributed by atoms with E-state index in [1.807, 2.05) is 61.2 Å². The summed E-state index contributed by atoms with van der Waals surface area (Å²) in [4.78, 5) is 14.9. The van der Waals surface area contributed by atoms with Gasteiger partial charge >= 0.3 is 0 Å². The molecule has 0 unspecified atom stereocenters. The molecule has 0 aliphatic carbocycles. The Morgan fingerprint density at radius 2 is 1.81 bits per heavy atom. The fourth-order valence-corrected chi connectivity index (χ4v) is 5.45. The third kappa shape index (κ3) is 5.03. The fraction of sp³-hybridized carbons (Fsp3) is 0.375. The molecule has 2 aromatic carbocycles. The van der Waals surface area contributed by atoms with Gasteiger partial charge in [-0.3, -0.25) is 9.69 Å². The van der Waals surface area contributed by atoms with Gasteiger partial charge in [0.15, 0.2) is 0 Å². The van der Waals surface area contributed by atoms with Gasteiger partial charge in [-0.15, -0.1) is 0 Å². The minimum Gasteiger partial charge on any atom is -0.459 e. The predicted octanol–water partition coefficient (Wildman–Crippen LogP) is 3.32. The summed E-state index contributed by atoms with van der Waals surface area (Å²) in [6.07, 6.45) is 0.678. The molecule has 1 atom stereocenters. The Morgan fingerprint density at radius 1 is 1.06 bits per heavy atom. The molecule has 1 aliphatic heterocycles. The van der Waals surface area contributed by atoms with Gasteiger partial charge in [-0.25, -0.2) is 8.42 Å². The highest BCUT2D eigenvalue weighted by Crippen LogP contribution is 2.23. The average molecular weight is 456 g/mol. The lowest BCUT2D eigenvalue weighted by Gasteiger charge is -2.22. The summed E-state index contributed by atoms with van der Waals surface area (Å²) in [7, 11) is -3.53. The van der Waals surface area contributed by atoms with Crippen molar-refractivity contribution in [3.63, 3.8) is 0 Å². The topological polar surface area (TPSA) is 82.9 Å². The van der Waals surface area contributed by atoms with Gasteiger partial charge in [-0.2, -0.15) is 4.31 Å². The molecule has 0 bridgehead atoms. The largest absolute Gasteiger partial charge is 0.459 e. The van der Waals surface area contributed by atoms with E-state index in [4.69, 9.17) is 4.42 Å². The molecule has 0 spiro atoms. The van der Waals surface area contributed by atoms with E-state index >= 15 is 0 Å². The first-order chi connectivity index (χ1) is 15.3. The van der Waals surface area contributed by atoms with E-state index in [1.54, 1.807) is 12.1 Å². The number of sulfonamides is 1. The van der Waals surface area contributed by atoms with Crippen molar-refractivity contribution in [2.75, 3.05) is 32.7 Å². The van der Waals surface area contributed by atoms with Crippen LogP contribution in [0.1, 0.15) is 30.7 Å². The maximum absolute atomic E-state index is 13.0. The molecule has 1 fully saturated rings. The molecule has 32 heavy (non-hydrogen) atoms. The number of nitrogens with one attached hydrogen (secondary N) is 1. The number of carbonyl (C=O) groups is 1. The number of aryl methyl sites for hydroxylation is 1. The monoisotopic (exact) mass is 455 g/mol. The molecule has 1 aliphatic rings. The van der Waals surface area contributed by atoms with Crippen LogP contribution in [0, 0.1) is 6.92 Å². The Hall–Kier alpha value is -2.68. The number of nitrogens with zero attached hydrogens (tertiary/aromatic N) is 2. The van der Waals surface area contributed by atoms with E-state index in [9.17, 15) is 13.2 Å². The first-order valence-corrected chi connectivity index (χ1v) is 12.3. The molecule has 4 rings (SSSR count). The summed E-state index contributed by atoms with van der Waals surface area (Å²) >= 11 is 0. The number of carbonyl (C=O) groups excluding carboxylic acids is 1. The van der Waals surface area contributed by atoms with Gasteiger partial charge in [0.1, 0.15) is 11.3 Å². The lowest BCUT2D eigenvalue weighted by molar-refractivity contribution is -0.123. The van der Waals surface area contributed by atoms with Gasteiger partial charge in [0.2, 0.25) is 15.9 Å². The standard InChI is InChI=1S/C24H29N3O4S/c1-18-8-10-21(11-9-18)32(29,30)27-13-5-12-26(14-15-27)17-24(28)25-19(2)23-16-20-6-3-4-7-22(20)31-23/h3-4,6-11,16,19H,5,12-15,17H2,1-2H3,(H,25,28)/t19-/m1/s1. The van der Waals surface area contributed by atoms with Crippen LogP contribution in [0.5, 0.6) is 0 Å². The molecular formula is C24H29N3O4S. The molecule has 2 heterocycles. The van der Waals surface area contributed by atoms with Crippen LogP contribution in [0.2, 0.25) is 0 Å². The molecule has 3 aromatic rings. The lowest BCUT2D eigenvalue weighted by atomic mass is 10.2. The second-order valence-corrected chi connectivity index (χ2v) is 10.3. The Kier molecular flexibility index (Phi) is 6.64. The Labute approximate surface area is 189 Å². The van der Waals surface area contributed by atoms with E-state index in [2.05, 4.69) is 5.32 Å². The third-order valence-electron chi connectivity index (χ3n) is 5.82. The molecule has 170 valence electrons. The molecule has 0 saturated carbocycles. The fourth-order valence-electron chi connectivity index (χ4n) is 3.98. The zero-order valence-electron chi connectivity index (χ0n) is 18.5. The molecule has 8 heteroatoms. The minimum atomic E-state index is -3.53. The molecule has 7 nitrogen and oxygen atoms in total. The van der Waals surface area contributed by atoms with Crippen LogP contribution in [0.25, 0.3) is 11.0 Å². The van der Waals surface area contributed by atoms with Crippen molar-refractivity contribution in [3.8, 4) is 0 Å².